The predicted molar refractivity (Wildman–Crippen MR) is 84.3 cm³/mol. The lowest BCUT2D eigenvalue weighted by atomic mass is 9.87. The molecule has 0 saturated carbocycles. The molecule has 1 fully saturated rings. The van der Waals surface area contributed by atoms with Gasteiger partial charge >= 0.3 is 12.0 Å². The maximum atomic E-state index is 13.5. The smallest absolute Gasteiger partial charge is 0.317 e. The van der Waals surface area contributed by atoms with E-state index in [0.29, 0.717) is 19.5 Å². The molecule has 1 aromatic carbocycles. The summed E-state index contributed by atoms with van der Waals surface area (Å²) >= 11 is 0. The minimum absolute atomic E-state index is 0.0117. The van der Waals surface area contributed by atoms with Crippen LogP contribution in [0.1, 0.15) is 18.9 Å². The van der Waals surface area contributed by atoms with Crippen LogP contribution in [0, 0.1) is 23.5 Å². The van der Waals surface area contributed by atoms with Gasteiger partial charge in [-0.15, -0.1) is 0 Å². The number of hydrogen-bond donors (Lipinski definition) is 1. The molecule has 132 valence electrons. The summed E-state index contributed by atoms with van der Waals surface area (Å²) in [5.41, 5.74) is 0.230. The Morgan fingerprint density at radius 1 is 1.38 bits per heavy atom. The Bertz CT molecular complexity index is 609. The molecule has 2 rings (SSSR count). The van der Waals surface area contributed by atoms with Crippen LogP contribution >= 0.6 is 0 Å². The molecule has 2 unspecified atom stereocenters. The van der Waals surface area contributed by atoms with Crippen molar-refractivity contribution in [3.63, 3.8) is 0 Å². The number of benzene rings is 1. The first-order valence-corrected chi connectivity index (χ1v) is 7.97. The molecule has 0 spiro atoms. The van der Waals surface area contributed by atoms with Crippen LogP contribution in [0.4, 0.5) is 13.6 Å². The molecule has 2 amide bonds. The average Bonchev–Trinajstić information content (AvgIpc) is 2.57. The fourth-order valence-electron chi connectivity index (χ4n) is 2.98. The third-order valence-electron chi connectivity index (χ3n) is 4.37. The Hall–Kier alpha value is -2.18. The number of methoxy groups -OCH3 is 1. The van der Waals surface area contributed by atoms with Gasteiger partial charge in [0, 0.05) is 19.6 Å². The number of urea groups is 1. The van der Waals surface area contributed by atoms with Gasteiger partial charge in [-0.05, 0) is 42.5 Å². The Kier molecular flexibility index (Phi) is 6.11. The van der Waals surface area contributed by atoms with Gasteiger partial charge < -0.3 is 15.0 Å². The van der Waals surface area contributed by atoms with Crippen LogP contribution < -0.4 is 5.32 Å². The van der Waals surface area contributed by atoms with Crippen molar-refractivity contribution >= 4 is 12.0 Å². The number of halogens is 2. The Morgan fingerprint density at radius 3 is 2.79 bits per heavy atom. The Balaban J connectivity index is 1.81. The van der Waals surface area contributed by atoms with Gasteiger partial charge in [0.1, 0.15) is 11.6 Å². The van der Waals surface area contributed by atoms with Crippen molar-refractivity contribution in [3.05, 3.63) is 35.4 Å². The van der Waals surface area contributed by atoms with Gasteiger partial charge in [-0.2, -0.15) is 0 Å². The third kappa shape index (κ3) is 4.43. The maximum absolute atomic E-state index is 13.5. The maximum Gasteiger partial charge on any atom is 0.317 e. The topological polar surface area (TPSA) is 58.6 Å². The monoisotopic (exact) mass is 340 g/mol. The SMILES string of the molecule is COC(=O)C1CCN(C(=O)NCCc2cc(F)ccc2F)CC1C. The molecule has 24 heavy (non-hydrogen) atoms. The zero-order valence-electron chi connectivity index (χ0n) is 13.9. The van der Waals surface area contributed by atoms with E-state index in [9.17, 15) is 18.4 Å². The lowest BCUT2D eigenvalue weighted by Gasteiger charge is -2.35. The summed E-state index contributed by atoms with van der Waals surface area (Å²) in [6.07, 6.45) is 0.767. The highest BCUT2D eigenvalue weighted by molar-refractivity contribution is 5.76. The summed E-state index contributed by atoms with van der Waals surface area (Å²) in [6.45, 7) is 3.04. The molecule has 7 heteroatoms. The van der Waals surface area contributed by atoms with E-state index in [4.69, 9.17) is 4.74 Å². The van der Waals surface area contributed by atoms with E-state index in [1.807, 2.05) is 6.92 Å². The fraction of sp³-hybridized carbons (Fsp3) is 0.529. The van der Waals surface area contributed by atoms with Crippen molar-refractivity contribution in [2.24, 2.45) is 11.8 Å². The molecular weight excluding hydrogens is 318 g/mol. The first-order chi connectivity index (χ1) is 11.4. The first-order valence-electron chi connectivity index (χ1n) is 7.97. The number of carbonyl (C=O) groups is 2. The number of nitrogens with one attached hydrogen (secondary N) is 1. The van der Waals surface area contributed by atoms with Gasteiger partial charge in [0.2, 0.25) is 0 Å². The lowest BCUT2D eigenvalue weighted by Crippen LogP contribution is -2.49. The first kappa shape index (κ1) is 18.2. The number of hydrogen-bond acceptors (Lipinski definition) is 3. The van der Waals surface area contributed by atoms with Crippen LogP contribution in [0.5, 0.6) is 0 Å². The molecular formula is C17H22F2N2O3. The summed E-state index contributed by atoms with van der Waals surface area (Å²) in [5, 5.41) is 2.71. The van der Waals surface area contributed by atoms with Crippen molar-refractivity contribution in [3.8, 4) is 0 Å². The number of carbonyl (C=O) groups excluding carboxylic acids is 2. The van der Waals surface area contributed by atoms with Crippen molar-refractivity contribution in [2.45, 2.75) is 19.8 Å². The van der Waals surface area contributed by atoms with E-state index in [1.165, 1.54) is 7.11 Å². The number of piperidine rings is 1. The van der Waals surface area contributed by atoms with Crippen molar-refractivity contribution in [1.82, 2.24) is 10.2 Å². The van der Waals surface area contributed by atoms with Crippen LogP contribution in [-0.4, -0.2) is 43.6 Å². The second-order valence-electron chi connectivity index (χ2n) is 6.06. The third-order valence-corrected chi connectivity index (χ3v) is 4.37. The van der Waals surface area contributed by atoms with Crippen LogP contribution in [0.2, 0.25) is 0 Å². The molecule has 1 N–H and O–H groups in total. The molecule has 0 bridgehead atoms. The number of rotatable bonds is 4. The molecule has 1 aliphatic heterocycles. The Labute approximate surface area is 140 Å². The second kappa shape index (κ2) is 8.08. The summed E-state index contributed by atoms with van der Waals surface area (Å²) in [5.74, 6) is -1.42. The minimum atomic E-state index is -0.503. The van der Waals surface area contributed by atoms with E-state index in [0.717, 1.165) is 18.2 Å². The summed E-state index contributed by atoms with van der Waals surface area (Å²) < 4.78 is 31.4. The highest BCUT2D eigenvalue weighted by Crippen LogP contribution is 2.24. The zero-order valence-corrected chi connectivity index (χ0v) is 13.9. The molecule has 2 atom stereocenters. The quantitative estimate of drug-likeness (QED) is 0.856. The molecule has 5 nitrogen and oxygen atoms in total. The van der Waals surface area contributed by atoms with Gasteiger partial charge in [0.25, 0.3) is 0 Å². The van der Waals surface area contributed by atoms with Crippen molar-refractivity contribution in [2.75, 3.05) is 26.7 Å². The molecule has 0 aromatic heterocycles. The largest absolute Gasteiger partial charge is 0.469 e. The zero-order chi connectivity index (χ0) is 17.7. The van der Waals surface area contributed by atoms with Crippen LogP contribution in [0.25, 0.3) is 0 Å². The molecule has 0 radical (unpaired) electrons. The highest BCUT2D eigenvalue weighted by Gasteiger charge is 2.33. The van der Waals surface area contributed by atoms with Gasteiger partial charge in [-0.1, -0.05) is 6.92 Å². The number of nitrogens with zero attached hydrogens (tertiary/aromatic N) is 1. The van der Waals surface area contributed by atoms with Gasteiger partial charge in [0.05, 0.1) is 13.0 Å². The molecule has 1 aliphatic rings. The summed E-state index contributed by atoms with van der Waals surface area (Å²) in [4.78, 5) is 25.4. The number of esters is 1. The van der Waals surface area contributed by atoms with Crippen LogP contribution in [-0.2, 0) is 16.0 Å². The van der Waals surface area contributed by atoms with E-state index >= 15 is 0 Å². The van der Waals surface area contributed by atoms with Crippen molar-refractivity contribution in [1.29, 1.82) is 0 Å². The minimum Gasteiger partial charge on any atom is -0.469 e. The molecule has 1 saturated heterocycles. The van der Waals surface area contributed by atoms with E-state index < -0.39 is 11.6 Å². The summed E-state index contributed by atoms with van der Waals surface area (Å²) in [7, 11) is 1.36. The van der Waals surface area contributed by atoms with E-state index in [-0.39, 0.29) is 42.4 Å². The standard InChI is InChI=1S/C17H22F2N2O3/c1-11-10-21(8-6-14(11)16(22)24-2)17(23)20-7-5-12-9-13(18)3-4-15(12)19/h3-4,9,11,14H,5-8,10H2,1-2H3,(H,20,23). The number of ether oxygens (including phenoxy) is 1. The van der Waals surface area contributed by atoms with Crippen LogP contribution in [0.3, 0.4) is 0 Å². The molecule has 0 aliphatic carbocycles. The average molecular weight is 340 g/mol. The van der Waals surface area contributed by atoms with Gasteiger partial charge in [0.15, 0.2) is 0 Å². The molecule has 1 heterocycles. The number of likely N-dealkylation sites (tertiary alicyclic amines) is 1. The van der Waals surface area contributed by atoms with Crippen molar-refractivity contribution < 1.29 is 23.1 Å². The second-order valence-corrected chi connectivity index (χ2v) is 6.06. The van der Waals surface area contributed by atoms with Gasteiger partial charge in [-0.25, -0.2) is 13.6 Å². The summed E-state index contributed by atoms with van der Waals surface area (Å²) in [6, 6.07) is 3.00. The Morgan fingerprint density at radius 2 is 2.12 bits per heavy atom. The van der Waals surface area contributed by atoms with E-state index in [2.05, 4.69) is 5.32 Å². The van der Waals surface area contributed by atoms with Gasteiger partial charge in [-0.3, -0.25) is 4.79 Å². The lowest BCUT2D eigenvalue weighted by molar-refractivity contribution is -0.148. The molecule has 1 aromatic rings. The van der Waals surface area contributed by atoms with E-state index in [1.54, 1.807) is 4.90 Å². The fourth-order valence-corrected chi connectivity index (χ4v) is 2.98. The number of amides is 2. The van der Waals surface area contributed by atoms with Crippen LogP contribution in [0.15, 0.2) is 18.2 Å². The normalized spacial score (nSPS) is 20.6. The highest BCUT2D eigenvalue weighted by atomic mass is 19.1. The predicted octanol–water partition coefficient (Wildman–Crippen LogP) is 2.35.